The van der Waals surface area contributed by atoms with Gasteiger partial charge < -0.3 is 4.74 Å². The van der Waals surface area contributed by atoms with Crippen LogP contribution in [0.3, 0.4) is 0 Å². The van der Waals surface area contributed by atoms with Crippen LogP contribution in [0.1, 0.15) is 5.56 Å². The maximum Gasteiger partial charge on any atom is 0.317 e. The lowest BCUT2D eigenvalue weighted by atomic mass is 10.1. The Bertz CT molecular complexity index is 487. The molecule has 1 aromatic carbocycles. The number of benzene rings is 1. The van der Waals surface area contributed by atoms with E-state index in [0.29, 0.717) is 12.3 Å². The predicted octanol–water partition coefficient (Wildman–Crippen LogP) is 1.70. The van der Waals surface area contributed by atoms with Crippen LogP contribution < -0.4 is 4.74 Å². The molecule has 0 radical (unpaired) electrons. The Morgan fingerprint density at radius 3 is 3.07 bits per heavy atom. The minimum atomic E-state index is -0.220. The molecule has 3 nitrogen and oxygen atoms in total. The molecule has 0 aliphatic carbocycles. The summed E-state index contributed by atoms with van der Waals surface area (Å²) < 4.78 is 4.96. The lowest BCUT2D eigenvalue weighted by Crippen LogP contribution is -2.00. The number of hydrogen-bond acceptors (Lipinski definition) is 3. The van der Waals surface area contributed by atoms with Gasteiger partial charge in [-0.25, -0.2) is 4.98 Å². The van der Waals surface area contributed by atoms with Crippen molar-refractivity contribution in [2.24, 2.45) is 0 Å². The van der Waals surface area contributed by atoms with Crippen LogP contribution in [0.2, 0.25) is 0 Å². The van der Waals surface area contributed by atoms with E-state index in [2.05, 4.69) is 4.98 Å². The fourth-order valence-electron chi connectivity index (χ4n) is 1.66. The Morgan fingerprint density at radius 2 is 2.14 bits per heavy atom. The summed E-state index contributed by atoms with van der Waals surface area (Å²) in [7, 11) is 0. The molecule has 0 saturated carbocycles. The van der Waals surface area contributed by atoms with Gasteiger partial charge in [-0.15, -0.1) is 0 Å². The smallest absolute Gasteiger partial charge is 0.317 e. The Labute approximate surface area is 80.3 Å². The van der Waals surface area contributed by atoms with Crippen LogP contribution in [0, 0.1) is 0 Å². The third kappa shape index (κ3) is 0.988. The highest BCUT2D eigenvalue weighted by Crippen LogP contribution is 2.27. The summed E-state index contributed by atoms with van der Waals surface area (Å²) in [6, 6.07) is 9.71. The van der Waals surface area contributed by atoms with Gasteiger partial charge in [0.15, 0.2) is 0 Å². The number of carbonyl (C=O) groups excluding carboxylic acids is 1. The zero-order valence-electron chi connectivity index (χ0n) is 7.36. The average molecular weight is 185 g/mol. The van der Waals surface area contributed by atoms with Gasteiger partial charge in [0.2, 0.25) is 5.88 Å². The monoisotopic (exact) mass is 185 g/mol. The van der Waals surface area contributed by atoms with Gasteiger partial charge in [0.25, 0.3) is 0 Å². The molecule has 0 bridgehead atoms. The highest BCUT2D eigenvalue weighted by atomic mass is 16.5. The van der Waals surface area contributed by atoms with Crippen molar-refractivity contribution in [2.45, 2.75) is 6.42 Å². The second-order valence-corrected chi connectivity index (χ2v) is 3.30. The van der Waals surface area contributed by atoms with Crippen molar-refractivity contribution >= 4 is 16.9 Å². The molecule has 3 rings (SSSR count). The highest BCUT2D eigenvalue weighted by molar-refractivity contribution is 5.86. The van der Waals surface area contributed by atoms with Crippen molar-refractivity contribution in [1.82, 2.24) is 4.98 Å². The van der Waals surface area contributed by atoms with Crippen LogP contribution >= 0.6 is 0 Å². The molecule has 0 fully saturated rings. The fraction of sp³-hybridized carbons (Fsp3) is 0.0909. The standard InChI is InChI=1S/C11H7NO2/c13-10-6-8-5-7-3-1-2-4-9(7)12-11(8)14-10/h1-5H,6H2. The number of hydrogen-bond donors (Lipinski definition) is 0. The molecule has 2 aromatic rings. The molecule has 1 aromatic heterocycles. The summed E-state index contributed by atoms with van der Waals surface area (Å²) in [5.74, 6) is 0.247. The number of ether oxygens (including phenoxy) is 1. The molecule has 14 heavy (non-hydrogen) atoms. The average Bonchev–Trinajstić information content (AvgIpc) is 2.53. The van der Waals surface area contributed by atoms with E-state index in [9.17, 15) is 4.79 Å². The summed E-state index contributed by atoms with van der Waals surface area (Å²) in [4.78, 5) is 15.3. The first-order chi connectivity index (χ1) is 6.83. The molecule has 0 N–H and O–H groups in total. The van der Waals surface area contributed by atoms with Crippen LogP contribution in [0.4, 0.5) is 0 Å². The third-order valence-corrected chi connectivity index (χ3v) is 2.31. The number of aromatic nitrogens is 1. The Kier molecular flexibility index (Phi) is 1.36. The van der Waals surface area contributed by atoms with Crippen molar-refractivity contribution in [3.63, 3.8) is 0 Å². The first-order valence-electron chi connectivity index (χ1n) is 4.42. The topological polar surface area (TPSA) is 39.2 Å². The summed E-state index contributed by atoms with van der Waals surface area (Å²) in [6.45, 7) is 0. The Morgan fingerprint density at radius 1 is 1.29 bits per heavy atom. The third-order valence-electron chi connectivity index (χ3n) is 2.31. The van der Waals surface area contributed by atoms with Crippen LogP contribution in [-0.2, 0) is 11.2 Å². The van der Waals surface area contributed by atoms with E-state index in [1.165, 1.54) is 0 Å². The van der Waals surface area contributed by atoms with E-state index < -0.39 is 0 Å². The Hall–Kier alpha value is -1.90. The van der Waals surface area contributed by atoms with E-state index in [1.54, 1.807) is 0 Å². The number of para-hydroxylation sites is 1. The summed E-state index contributed by atoms with van der Waals surface area (Å²) in [5.41, 5.74) is 1.75. The molecule has 68 valence electrons. The van der Waals surface area contributed by atoms with Crippen LogP contribution in [0.5, 0.6) is 5.88 Å². The zero-order chi connectivity index (χ0) is 9.54. The number of rotatable bonds is 0. The first-order valence-corrected chi connectivity index (χ1v) is 4.42. The SMILES string of the molecule is O=C1Cc2cc3ccccc3nc2O1. The minimum absolute atomic E-state index is 0.220. The molecule has 2 heterocycles. The number of fused-ring (bicyclic) bond motifs is 2. The lowest BCUT2D eigenvalue weighted by molar-refractivity contribution is -0.132. The highest BCUT2D eigenvalue weighted by Gasteiger charge is 2.21. The normalized spacial score (nSPS) is 14.1. The van der Waals surface area contributed by atoms with Gasteiger partial charge in [-0.05, 0) is 12.1 Å². The van der Waals surface area contributed by atoms with E-state index in [4.69, 9.17) is 4.74 Å². The zero-order valence-corrected chi connectivity index (χ0v) is 7.36. The number of pyridine rings is 1. The Balaban J connectivity index is 2.31. The van der Waals surface area contributed by atoms with Gasteiger partial charge in [0, 0.05) is 10.9 Å². The molecule has 1 aliphatic rings. The van der Waals surface area contributed by atoms with Crippen molar-refractivity contribution in [1.29, 1.82) is 0 Å². The predicted molar refractivity (Wildman–Crippen MR) is 51.1 cm³/mol. The maximum atomic E-state index is 11.0. The van der Waals surface area contributed by atoms with Gasteiger partial charge in [0.1, 0.15) is 0 Å². The van der Waals surface area contributed by atoms with Crippen molar-refractivity contribution in [3.8, 4) is 5.88 Å². The van der Waals surface area contributed by atoms with Gasteiger partial charge in [-0.2, -0.15) is 0 Å². The maximum absolute atomic E-state index is 11.0. The summed E-state index contributed by atoms with van der Waals surface area (Å²) in [5, 5.41) is 1.05. The number of carbonyl (C=O) groups is 1. The van der Waals surface area contributed by atoms with E-state index in [0.717, 1.165) is 16.5 Å². The number of esters is 1. The molecular weight excluding hydrogens is 178 g/mol. The lowest BCUT2D eigenvalue weighted by Gasteiger charge is -1.99. The molecule has 0 spiro atoms. The van der Waals surface area contributed by atoms with E-state index in [-0.39, 0.29) is 5.97 Å². The second-order valence-electron chi connectivity index (χ2n) is 3.30. The van der Waals surface area contributed by atoms with Gasteiger partial charge in [-0.3, -0.25) is 4.79 Å². The molecule has 1 aliphatic heterocycles. The first kappa shape index (κ1) is 7.50. The van der Waals surface area contributed by atoms with Crippen molar-refractivity contribution in [3.05, 3.63) is 35.9 Å². The molecule has 0 saturated heterocycles. The van der Waals surface area contributed by atoms with Gasteiger partial charge in [-0.1, -0.05) is 18.2 Å². The summed E-state index contributed by atoms with van der Waals surface area (Å²) in [6.07, 6.45) is 0.340. The van der Waals surface area contributed by atoms with Crippen molar-refractivity contribution < 1.29 is 9.53 Å². The molecule has 0 unspecified atom stereocenters. The molecule has 3 heteroatoms. The van der Waals surface area contributed by atoms with Gasteiger partial charge in [0.05, 0.1) is 11.9 Å². The van der Waals surface area contributed by atoms with Crippen LogP contribution in [0.25, 0.3) is 10.9 Å². The van der Waals surface area contributed by atoms with Crippen molar-refractivity contribution in [2.75, 3.05) is 0 Å². The fourth-order valence-corrected chi connectivity index (χ4v) is 1.66. The number of nitrogens with zero attached hydrogens (tertiary/aromatic N) is 1. The molecule has 0 atom stereocenters. The van der Waals surface area contributed by atoms with Gasteiger partial charge >= 0.3 is 5.97 Å². The van der Waals surface area contributed by atoms with E-state index >= 15 is 0 Å². The molecular formula is C11H7NO2. The van der Waals surface area contributed by atoms with E-state index in [1.807, 2.05) is 30.3 Å². The van der Waals surface area contributed by atoms with Crippen LogP contribution in [-0.4, -0.2) is 11.0 Å². The van der Waals surface area contributed by atoms with Crippen LogP contribution in [0.15, 0.2) is 30.3 Å². The second kappa shape index (κ2) is 2.54. The quantitative estimate of drug-likeness (QED) is 0.586. The summed E-state index contributed by atoms with van der Waals surface area (Å²) >= 11 is 0. The largest absolute Gasteiger partial charge is 0.407 e. The molecule has 0 amide bonds. The minimum Gasteiger partial charge on any atom is -0.407 e.